The number of nitrogens with zero attached hydrogens (tertiary/aromatic N) is 3. The van der Waals surface area contributed by atoms with Crippen molar-refractivity contribution in [1.82, 2.24) is 15.2 Å². The molecule has 2 fully saturated rings. The van der Waals surface area contributed by atoms with E-state index in [-0.39, 0.29) is 11.9 Å². The van der Waals surface area contributed by atoms with Gasteiger partial charge in [-0.15, -0.1) is 0 Å². The second-order valence-corrected chi connectivity index (χ2v) is 6.31. The van der Waals surface area contributed by atoms with Gasteiger partial charge in [0.2, 0.25) is 5.91 Å². The third-order valence-corrected chi connectivity index (χ3v) is 4.60. The molecule has 1 unspecified atom stereocenters. The second-order valence-electron chi connectivity index (χ2n) is 6.31. The van der Waals surface area contributed by atoms with Crippen molar-refractivity contribution in [2.45, 2.75) is 25.8 Å². The Hall–Kier alpha value is -1.66. The summed E-state index contributed by atoms with van der Waals surface area (Å²) in [5.74, 6) is 0.237. The number of carbonyl (C=O) groups excluding carboxylic acids is 1. The normalized spacial score (nSPS) is 22.7. The smallest absolute Gasteiger partial charge is 0.224 e. The number of ether oxygens (including phenoxy) is 1. The predicted molar refractivity (Wildman–Crippen MR) is 89.6 cm³/mol. The van der Waals surface area contributed by atoms with Crippen LogP contribution in [0, 0.1) is 6.92 Å². The second kappa shape index (κ2) is 7.75. The van der Waals surface area contributed by atoms with E-state index >= 15 is 0 Å². The van der Waals surface area contributed by atoms with Gasteiger partial charge in [-0.05, 0) is 25.0 Å². The fourth-order valence-electron chi connectivity index (χ4n) is 3.32. The number of carbonyl (C=O) groups is 1. The predicted octanol–water partition coefficient (Wildman–Crippen LogP) is 0.807. The van der Waals surface area contributed by atoms with E-state index in [9.17, 15) is 4.79 Å². The van der Waals surface area contributed by atoms with Gasteiger partial charge < -0.3 is 19.9 Å². The first-order chi connectivity index (χ1) is 11.2. The minimum atomic E-state index is 0.165. The molecule has 3 heterocycles. The summed E-state index contributed by atoms with van der Waals surface area (Å²) in [7, 11) is 0. The molecular formula is C17H26N4O2. The van der Waals surface area contributed by atoms with Crippen LogP contribution < -0.4 is 10.2 Å². The van der Waals surface area contributed by atoms with E-state index in [2.05, 4.69) is 28.2 Å². The Bertz CT molecular complexity index is 531. The van der Waals surface area contributed by atoms with Crippen molar-refractivity contribution >= 4 is 11.6 Å². The molecule has 0 radical (unpaired) electrons. The lowest BCUT2D eigenvalue weighted by Gasteiger charge is -2.27. The van der Waals surface area contributed by atoms with Gasteiger partial charge in [-0.25, -0.2) is 0 Å². The Balaban J connectivity index is 1.55. The van der Waals surface area contributed by atoms with Gasteiger partial charge in [0.25, 0.3) is 0 Å². The molecule has 2 aliphatic rings. The fourth-order valence-corrected chi connectivity index (χ4v) is 3.32. The molecule has 1 amide bonds. The average molecular weight is 318 g/mol. The van der Waals surface area contributed by atoms with Gasteiger partial charge in [-0.3, -0.25) is 9.78 Å². The first-order valence-corrected chi connectivity index (χ1v) is 8.48. The highest BCUT2D eigenvalue weighted by molar-refractivity contribution is 5.77. The van der Waals surface area contributed by atoms with Crippen molar-refractivity contribution in [3.8, 4) is 0 Å². The zero-order chi connectivity index (χ0) is 16.1. The summed E-state index contributed by atoms with van der Waals surface area (Å²) in [6.07, 6.45) is 5.28. The highest BCUT2D eigenvalue weighted by atomic mass is 16.5. The van der Waals surface area contributed by atoms with Crippen molar-refractivity contribution in [2.24, 2.45) is 0 Å². The number of hydrogen-bond acceptors (Lipinski definition) is 5. The van der Waals surface area contributed by atoms with Gasteiger partial charge in [-0.1, -0.05) is 0 Å². The highest BCUT2D eigenvalue weighted by Crippen LogP contribution is 2.20. The minimum absolute atomic E-state index is 0.165. The lowest BCUT2D eigenvalue weighted by atomic mass is 10.1. The Labute approximate surface area is 137 Å². The molecule has 3 rings (SSSR count). The van der Waals surface area contributed by atoms with E-state index in [0.717, 1.165) is 45.8 Å². The quantitative estimate of drug-likeness (QED) is 0.894. The van der Waals surface area contributed by atoms with Crippen molar-refractivity contribution < 1.29 is 9.53 Å². The maximum atomic E-state index is 12.5. The van der Waals surface area contributed by atoms with Crippen molar-refractivity contribution in [1.29, 1.82) is 0 Å². The van der Waals surface area contributed by atoms with E-state index in [1.807, 2.05) is 17.3 Å². The van der Waals surface area contributed by atoms with Crippen LogP contribution in [0.2, 0.25) is 0 Å². The molecule has 0 bridgehead atoms. The van der Waals surface area contributed by atoms with Crippen LogP contribution in [-0.4, -0.2) is 67.8 Å². The number of aryl methyl sites for hydroxylation is 1. The number of pyridine rings is 1. The zero-order valence-electron chi connectivity index (χ0n) is 13.8. The number of nitrogens with one attached hydrogen (secondary N) is 1. The minimum Gasteiger partial charge on any atom is -0.378 e. The summed E-state index contributed by atoms with van der Waals surface area (Å²) in [5.41, 5.74) is 2.42. The van der Waals surface area contributed by atoms with Crippen LogP contribution >= 0.6 is 0 Å². The standard InChI is InChI=1S/C17H26N4O2/c1-14-12-18-4-3-16(14)20-6-2-7-21(9-8-20)17(22)11-15-13-23-10-5-19-15/h3-4,12,15,19H,2,5-11,13H2,1H3. The van der Waals surface area contributed by atoms with Crippen molar-refractivity contribution in [3.63, 3.8) is 0 Å². The average Bonchev–Trinajstić information content (AvgIpc) is 2.82. The summed E-state index contributed by atoms with van der Waals surface area (Å²) in [6, 6.07) is 2.23. The van der Waals surface area contributed by atoms with Crippen LogP contribution in [-0.2, 0) is 9.53 Å². The summed E-state index contributed by atoms with van der Waals surface area (Å²) >= 11 is 0. The highest BCUT2D eigenvalue weighted by Gasteiger charge is 2.23. The van der Waals surface area contributed by atoms with Gasteiger partial charge in [0, 0.05) is 63.3 Å². The van der Waals surface area contributed by atoms with Gasteiger partial charge in [0.05, 0.1) is 13.2 Å². The molecule has 6 heteroatoms. The molecule has 0 aromatic carbocycles. The molecule has 1 aromatic heterocycles. The fraction of sp³-hybridized carbons (Fsp3) is 0.647. The molecule has 1 aromatic rings. The van der Waals surface area contributed by atoms with E-state index in [1.165, 1.54) is 11.3 Å². The summed E-state index contributed by atoms with van der Waals surface area (Å²) in [6.45, 7) is 7.81. The van der Waals surface area contributed by atoms with Crippen LogP contribution in [0.15, 0.2) is 18.5 Å². The summed E-state index contributed by atoms with van der Waals surface area (Å²) in [5, 5.41) is 3.36. The van der Waals surface area contributed by atoms with Crippen LogP contribution in [0.5, 0.6) is 0 Å². The van der Waals surface area contributed by atoms with Crippen LogP contribution in [0.3, 0.4) is 0 Å². The molecule has 1 N–H and O–H groups in total. The number of rotatable bonds is 3. The molecule has 2 saturated heterocycles. The maximum Gasteiger partial charge on any atom is 0.224 e. The first kappa shape index (κ1) is 16.2. The number of morpholine rings is 1. The Morgan fingerprint density at radius 3 is 3.09 bits per heavy atom. The van der Waals surface area contributed by atoms with Gasteiger partial charge in [0.15, 0.2) is 0 Å². The SMILES string of the molecule is Cc1cnccc1N1CCCN(C(=O)CC2COCCN2)CC1. The Kier molecular flexibility index (Phi) is 5.46. The third kappa shape index (κ3) is 4.20. The number of aromatic nitrogens is 1. The molecule has 1 atom stereocenters. The molecule has 0 aliphatic carbocycles. The summed E-state index contributed by atoms with van der Waals surface area (Å²) in [4.78, 5) is 21.1. The lowest BCUT2D eigenvalue weighted by molar-refractivity contribution is -0.132. The number of amides is 1. The molecule has 23 heavy (non-hydrogen) atoms. The monoisotopic (exact) mass is 318 g/mol. The topological polar surface area (TPSA) is 57.7 Å². The molecular weight excluding hydrogens is 292 g/mol. The van der Waals surface area contributed by atoms with Gasteiger partial charge >= 0.3 is 0 Å². The van der Waals surface area contributed by atoms with Crippen LogP contribution in [0.1, 0.15) is 18.4 Å². The Morgan fingerprint density at radius 1 is 1.39 bits per heavy atom. The molecule has 0 saturated carbocycles. The van der Waals surface area contributed by atoms with E-state index in [4.69, 9.17) is 4.74 Å². The van der Waals surface area contributed by atoms with Crippen LogP contribution in [0.4, 0.5) is 5.69 Å². The lowest BCUT2D eigenvalue weighted by Crippen LogP contribution is -2.45. The number of hydrogen-bond donors (Lipinski definition) is 1. The molecule has 6 nitrogen and oxygen atoms in total. The van der Waals surface area contributed by atoms with Crippen LogP contribution in [0.25, 0.3) is 0 Å². The van der Waals surface area contributed by atoms with E-state index < -0.39 is 0 Å². The van der Waals surface area contributed by atoms with Gasteiger partial charge in [0.1, 0.15) is 0 Å². The summed E-state index contributed by atoms with van der Waals surface area (Å²) < 4.78 is 5.44. The first-order valence-electron chi connectivity index (χ1n) is 8.48. The third-order valence-electron chi connectivity index (χ3n) is 4.60. The van der Waals surface area contributed by atoms with Crippen molar-refractivity contribution in [2.75, 3.05) is 50.8 Å². The molecule has 126 valence electrons. The van der Waals surface area contributed by atoms with E-state index in [1.54, 1.807) is 0 Å². The van der Waals surface area contributed by atoms with Gasteiger partial charge in [-0.2, -0.15) is 0 Å². The van der Waals surface area contributed by atoms with Crippen molar-refractivity contribution in [3.05, 3.63) is 24.0 Å². The van der Waals surface area contributed by atoms with E-state index in [0.29, 0.717) is 13.0 Å². The Morgan fingerprint density at radius 2 is 2.30 bits per heavy atom. The zero-order valence-corrected chi connectivity index (χ0v) is 13.8. The largest absolute Gasteiger partial charge is 0.378 e. The molecule has 2 aliphatic heterocycles. The molecule has 0 spiro atoms. The number of anilines is 1. The maximum absolute atomic E-state index is 12.5.